The first-order valence-corrected chi connectivity index (χ1v) is 10.9. The van der Waals surface area contributed by atoms with Crippen LogP contribution >= 0.6 is 10.8 Å². The lowest BCUT2D eigenvalue weighted by atomic mass is 10.1. The van der Waals surface area contributed by atoms with Crippen LogP contribution in [0.15, 0.2) is 87.1 Å². The van der Waals surface area contributed by atoms with Crippen molar-refractivity contribution in [3.8, 4) is 5.75 Å². The molecule has 0 unspecified atom stereocenters. The van der Waals surface area contributed by atoms with E-state index in [2.05, 4.69) is 14.7 Å². The SMILES string of the molecule is O=c1c(C2=NS(O)(O)c3ccccc3N2)c(O)c2ccncc2n1Cc1ccccc1. The minimum Gasteiger partial charge on any atom is -0.506 e. The number of fused-ring (bicyclic) bond motifs is 2. The van der Waals surface area contributed by atoms with Gasteiger partial charge in [0.05, 0.1) is 23.9 Å². The highest BCUT2D eigenvalue weighted by Gasteiger charge is 2.30. The summed E-state index contributed by atoms with van der Waals surface area (Å²) >= 11 is 0. The van der Waals surface area contributed by atoms with Gasteiger partial charge in [-0.15, -0.1) is 4.40 Å². The molecule has 156 valence electrons. The van der Waals surface area contributed by atoms with Gasteiger partial charge in [0.1, 0.15) is 16.2 Å². The van der Waals surface area contributed by atoms with Crippen molar-refractivity contribution in [3.63, 3.8) is 0 Å². The average Bonchev–Trinajstić information content (AvgIpc) is 2.77. The number of hydrogen-bond acceptors (Lipinski definition) is 7. The number of aromatic nitrogens is 2. The molecule has 31 heavy (non-hydrogen) atoms. The van der Waals surface area contributed by atoms with Crippen molar-refractivity contribution in [2.24, 2.45) is 4.40 Å². The fourth-order valence-corrected chi connectivity index (χ4v) is 4.83. The van der Waals surface area contributed by atoms with Gasteiger partial charge >= 0.3 is 0 Å². The van der Waals surface area contributed by atoms with Crippen LogP contribution in [0, 0.1) is 0 Å². The number of pyridine rings is 2. The lowest BCUT2D eigenvalue weighted by molar-refractivity contribution is 0.477. The van der Waals surface area contributed by atoms with Crippen LogP contribution in [0.2, 0.25) is 0 Å². The van der Waals surface area contributed by atoms with Crippen molar-refractivity contribution in [1.82, 2.24) is 9.55 Å². The Morgan fingerprint density at radius 1 is 1.00 bits per heavy atom. The number of amidine groups is 1. The smallest absolute Gasteiger partial charge is 0.266 e. The van der Waals surface area contributed by atoms with Crippen LogP contribution < -0.4 is 10.9 Å². The Morgan fingerprint density at radius 3 is 2.55 bits per heavy atom. The summed E-state index contributed by atoms with van der Waals surface area (Å²) in [6, 6.07) is 17.6. The number of rotatable bonds is 3. The van der Waals surface area contributed by atoms with Gasteiger partial charge in [0, 0.05) is 11.6 Å². The summed E-state index contributed by atoms with van der Waals surface area (Å²) in [5, 5.41) is 14.3. The zero-order valence-corrected chi connectivity index (χ0v) is 17.0. The van der Waals surface area contributed by atoms with E-state index in [4.69, 9.17) is 0 Å². The molecule has 0 amide bonds. The first-order chi connectivity index (χ1) is 15.0. The van der Waals surface area contributed by atoms with Gasteiger partial charge in [-0.05, 0) is 23.8 Å². The Bertz CT molecular complexity index is 1400. The molecule has 0 saturated heterocycles. The molecule has 0 fully saturated rings. The van der Waals surface area contributed by atoms with Crippen molar-refractivity contribution in [3.05, 3.63) is 94.5 Å². The largest absolute Gasteiger partial charge is 0.506 e. The number of para-hydroxylation sites is 1. The zero-order valence-electron chi connectivity index (χ0n) is 16.1. The van der Waals surface area contributed by atoms with Crippen LogP contribution in [0.5, 0.6) is 5.75 Å². The lowest BCUT2D eigenvalue weighted by Gasteiger charge is -2.34. The molecule has 0 aliphatic carbocycles. The Kier molecular flexibility index (Phi) is 4.51. The van der Waals surface area contributed by atoms with E-state index in [1.54, 1.807) is 30.3 Å². The third-order valence-electron chi connectivity index (χ3n) is 5.12. The molecule has 0 radical (unpaired) electrons. The number of benzene rings is 2. The van der Waals surface area contributed by atoms with E-state index in [0.29, 0.717) is 16.6 Å². The van der Waals surface area contributed by atoms with Gasteiger partial charge in [0.25, 0.3) is 5.56 Å². The number of anilines is 1. The number of hydrogen-bond donors (Lipinski definition) is 4. The highest BCUT2D eigenvalue weighted by atomic mass is 32.3. The predicted molar refractivity (Wildman–Crippen MR) is 121 cm³/mol. The molecule has 0 atom stereocenters. The van der Waals surface area contributed by atoms with Crippen LogP contribution in [0.1, 0.15) is 11.1 Å². The highest BCUT2D eigenvalue weighted by molar-refractivity contribution is 8.23. The number of nitrogens with zero attached hydrogens (tertiary/aromatic N) is 3. The predicted octanol–water partition coefficient (Wildman–Crippen LogP) is 4.05. The first kappa shape index (κ1) is 19.3. The van der Waals surface area contributed by atoms with Gasteiger partial charge in [0.2, 0.25) is 0 Å². The quantitative estimate of drug-likeness (QED) is 0.386. The minimum absolute atomic E-state index is 0.0956. The second kappa shape index (κ2) is 7.24. The van der Waals surface area contributed by atoms with Crippen LogP contribution in [-0.2, 0) is 6.54 Å². The number of aromatic hydroxyl groups is 1. The molecule has 2 aromatic carbocycles. The maximum absolute atomic E-state index is 13.5. The molecule has 1 aliphatic heterocycles. The van der Waals surface area contributed by atoms with Gasteiger partial charge < -0.3 is 15.0 Å². The van der Waals surface area contributed by atoms with Crippen molar-refractivity contribution in [2.75, 3.05) is 5.32 Å². The third-order valence-corrected chi connectivity index (χ3v) is 6.50. The fourth-order valence-electron chi connectivity index (χ4n) is 3.66. The molecule has 4 aromatic rings. The van der Waals surface area contributed by atoms with Crippen molar-refractivity contribution in [1.29, 1.82) is 0 Å². The second-order valence-corrected chi connectivity index (χ2v) is 8.73. The summed E-state index contributed by atoms with van der Waals surface area (Å²) in [6.45, 7) is 0.245. The Labute approximate surface area is 178 Å². The van der Waals surface area contributed by atoms with Gasteiger partial charge in [-0.3, -0.25) is 18.9 Å². The highest BCUT2D eigenvalue weighted by Crippen LogP contribution is 2.55. The molecule has 2 aromatic heterocycles. The minimum atomic E-state index is -3.54. The van der Waals surface area contributed by atoms with E-state index >= 15 is 0 Å². The second-order valence-electron chi connectivity index (χ2n) is 7.07. The van der Waals surface area contributed by atoms with E-state index in [0.717, 1.165) is 5.56 Å². The molecule has 0 saturated carbocycles. The molecule has 4 N–H and O–H groups in total. The molecule has 0 spiro atoms. The summed E-state index contributed by atoms with van der Waals surface area (Å²) in [7, 11) is -3.54. The summed E-state index contributed by atoms with van der Waals surface area (Å²) < 4.78 is 26.6. The summed E-state index contributed by atoms with van der Waals surface area (Å²) in [4.78, 5) is 17.9. The van der Waals surface area contributed by atoms with Crippen LogP contribution in [-0.4, -0.2) is 29.6 Å². The first-order valence-electron chi connectivity index (χ1n) is 9.44. The molecule has 5 rings (SSSR count). The van der Waals surface area contributed by atoms with E-state index < -0.39 is 16.3 Å². The van der Waals surface area contributed by atoms with Crippen molar-refractivity contribution < 1.29 is 14.2 Å². The molecular weight excluding hydrogens is 416 g/mol. The Balaban J connectivity index is 1.75. The monoisotopic (exact) mass is 434 g/mol. The topological polar surface area (TPSA) is 120 Å². The van der Waals surface area contributed by atoms with Crippen LogP contribution in [0.3, 0.4) is 0 Å². The number of nitrogens with one attached hydrogen (secondary N) is 1. The van der Waals surface area contributed by atoms with E-state index in [9.17, 15) is 19.0 Å². The molecule has 8 nitrogen and oxygen atoms in total. The lowest BCUT2D eigenvalue weighted by Crippen LogP contribution is -2.32. The third kappa shape index (κ3) is 3.25. The van der Waals surface area contributed by atoms with Gasteiger partial charge in [0.15, 0.2) is 5.84 Å². The van der Waals surface area contributed by atoms with Gasteiger partial charge in [-0.1, -0.05) is 53.2 Å². The Hall–Kier alpha value is -3.66. The molecule has 0 bridgehead atoms. The van der Waals surface area contributed by atoms with E-state index in [1.807, 2.05) is 30.3 Å². The van der Waals surface area contributed by atoms with Gasteiger partial charge in [-0.25, -0.2) is 0 Å². The van der Waals surface area contributed by atoms with E-state index in [-0.39, 0.29) is 28.6 Å². The summed E-state index contributed by atoms with van der Waals surface area (Å²) in [5.41, 5.74) is 1.10. The molecule has 9 heteroatoms. The molecular formula is C22H18N4O4S. The summed E-state index contributed by atoms with van der Waals surface area (Å²) in [6.07, 6.45) is 3.03. The van der Waals surface area contributed by atoms with Gasteiger partial charge in [-0.2, -0.15) is 0 Å². The Morgan fingerprint density at radius 2 is 1.74 bits per heavy atom. The summed E-state index contributed by atoms with van der Waals surface area (Å²) in [5.74, 6) is -0.394. The fraction of sp³-hybridized carbons (Fsp3) is 0.0455. The van der Waals surface area contributed by atoms with Crippen LogP contribution in [0.4, 0.5) is 5.69 Å². The standard InChI is InChI=1S/C22H18N4O4S/c27-20-15-10-11-23-12-17(15)26(13-14-6-2-1-3-7-14)22(28)19(20)21-24-16-8-4-5-9-18(16)31(29,30)25-21/h1-12,27,29-30H,13H2,(H,24,25). The molecule has 1 aliphatic rings. The maximum Gasteiger partial charge on any atom is 0.266 e. The van der Waals surface area contributed by atoms with Crippen molar-refractivity contribution >= 4 is 33.2 Å². The normalized spacial score (nSPS) is 15.6. The average molecular weight is 434 g/mol. The van der Waals surface area contributed by atoms with Crippen LogP contribution in [0.25, 0.3) is 10.9 Å². The van der Waals surface area contributed by atoms with E-state index in [1.165, 1.54) is 17.0 Å². The maximum atomic E-state index is 13.5. The zero-order chi connectivity index (χ0) is 21.6. The van der Waals surface area contributed by atoms with Crippen molar-refractivity contribution in [2.45, 2.75) is 11.4 Å². The molecule has 3 heterocycles.